The monoisotopic (exact) mass is 306 g/mol. The first-order chi connectivity index (χ1) is 10.2. The van der Waals surface area contributed by atoms with Crippen LogP contribution in [0.3, 0.4) is 0 Å². The van der Waals surface area contributed by atoms with Crippen LogP contribution in [0.5, 0.6) is 0 Å². The average molecular weight is 307 g/mol. The number of hydrogen-bond acceptors (Lipinski definition) is 2. The Kier molecular flexibility index (Phi) is 3.31. The van der Waals surface area contributed by atoms with E-state index in [1.54, 1.807) is 0 Å². The summed E-state index contributed by atoms with van der Waals surface area (Å²) in [5.74, 6) is 0.394. The molecule has 5 heteroatoms. The molecular formula is C16H19ClN2O2. The number of halogens is 1. The molecule has 1 aliphatic carbocycles. The topological polar surface area (TPSA) is 50.4 Å². The normalized spacial score (nSPS) is 36.5. The van der Waals surface area contributed by atoms with Gasteiger partial charge >= 0.3 is 6.03 Å². The van der Waals surface area contributed by atoms with Crippen LogP contribution in [-0.2, 0) is 4.74 Å². The molecule has 5 unspecified atom stereocenters. The molecule has 0 aromatic heterocycles. The van der Waals surface area contributed by atoms with Crippen LogP contribution < -0.4 is 10.6 Å². The van der Waals surface area contributed by atoms with Crippen molar-refractivity contribution in [2.24, 2.45) is 0 Å². The first-order valence-electron chi connectivity index (χ1n) is 7.67. The zero-order valence-corrected chi connectivity index (χ0v) is 12.5. The molecule has 3 aliphatic rings. The molecule has 2 saturated heterocycles. The first kappa shape index (κ1) is 13.4. The number of ether oxygens (including phenoxy) is 1. The van der Waals surface area contributed by atoms with E-state index in [1.165, 1.54) is 5.56 Å². The quantitative estimate of drug-likeness (QED) is 0.902. The third-order valence-electron chi connectivity index (χ3n) is 4.81. The highest BCUT2D eigenvalue weighted by molar-refractivity contribution is 6.30. The SMILES string of the molecule is O=C(NC1CC2CCC1O2)NC1CC1c1cccc(Cl)c1. The number of benzene rings is 1. The van der Waals surface area contributed by atoms with Crippen molar-refractivity contribution in [1.29, 1.82) is 0 Å². The lowest BCUT2D eigenvalue weighted by molar-refractivity contribution is 0.0981. The molecule has 3 fully saturated rings. The third-order valence-corrected chi connectivity index (χ3v) is 5.04. The molecule has 112 valence electrons. The lowest BCUT2D eigenvalue weighted by Crippen LogP contribution is -2.47. The highest BCUT2D eigenvalue weighted by atomic mass is 35.5. The average Bonchev–Trinajstić information content (AvgIpc) is 2.90. The Morgan fingerprint density at radius 1 is 1.19 bits per heavy atom. The molecule has 2 heterocycles. The van der Waals surface area contributed by atoms with Crippen LogP contribution in [0.1, 0.15) is 37.2 Å². The van der Waals surface area contributed by atoms with Crippen LogP contribution in [0.2, 0.25) is 5.02 Å². The van der Waals surface area contributed by atoms with E-state index >= 15 is 0 Å². The second kappa shape index (κ2) is 5.18. The predicted molar refractivity (Wildman–Crippen MR) is 80.6 cm³/mol. The zero-order valence-electron chi connectivity index (χ0n) is 11.7. The van der Waals surface area contributed by atoms with Gasteiger partial charge in [0.05, 0.1) is 18.2 Å². The van der Waals surface area contributed by atoms with Gasteiger partial charge in [-0.15, -0.1) is 0 Å². The lowest BCUT2D eigenvalue weighted by atomic mass is 9.96. The van der Waals surface area contributed by atoms with E-state index in [0.717, 1.165) is 30.7 Å². The molecule has 4 rings (SSSR count). The van der Waals surface area contributed by atoms with E-state index in [0.29, 0.717) is 12.0 Å². The van der Waals surface area contributed by atoms with Crippen molar-refractivity contribution >= 4 is 17.6 Å². The van der Waals surface area contributed by atoms with Gasteiger partial charge in [0.1, 0.15) is 0 Å². The van der Waals surface area contributed by atoms with E-state index in [9.17, 15) is 4.79 Å². The maximum Gasteiger partial charge on any atom is 0.315 e. The third kappa shape index (κ3) is 2.74. The van der Waals surface area contributed by atoms with E-state index in [1.807, 2.05) is 18.2 Å². The van der Waals surface area contributed by atoms with E-state index in [-0.39, 0.29) is 24.2 Å². The van der Waals surface area contributed by atoms with Gasteiger partial charge in [-0.05, 0) is 43.4 Å². The van der Waals surface area contributed by atoms with Crippen molar-refractivity contribution in [1.82, 2.24) is 10.6 Å². The van der Waals surface area contributed by atoms with Crippen molar-refractivity contribution < 1.29 is 9.53 Å². The Hall–Kier alpha value is -1.26. The maximum absolute atomic E-state index is 12.1. The van der Waals surface area contributed by atoms with Crippen LogP contribution in [0.4, 0.5) is 4.79 Å². The Bertz CT molecular complexity index is 565. The number of rotatable bonds is 3. The maximum atomic E-state index is 12.1. The smallest absolute Gasteiger partial charge is 0.315 e. The molecule has 1 saturated carbocycles. The highest BCUT2D eigenvalue weighted by Crippen LogP contribution is 2.41. The molecule has 1 aromatic rings. The molecule has 2 bridgehead atoms. The second-order valence-electron chi connectivity index (χ2n) is 6.34. The number of hydrogen-bond donors (Lipinski definition) is 2. The Balaban J connectivity index is 1.29. The lowest BCUT2D eigenvalue weighted by Gasteiger charge is -2.20. The van der Waals surface area contributed by atoms with Crippen LogP contribution >= 0.6 is 11.6 Å². The fourth-order valence-corrected chi connectivity index (χ4v) is 3.83. The first-order valence-corrected chi connectivity index (χ1v) is 8.05. The van der Waals surface area contributed by atoms with Gasteiger partial charge in [0.15, 0.2) is 0 Å². The number of carbonyl (C=O) groups is 1. The van der Waals surface area contributed by atoms with Crippen LogP contribution in [0.25, 0.3) is 0 Å². The molecule has 0 spiro atoms. The van der Waals surface area contributed by atoms with E-state index in [4.69, 9.17) is 16.3 Å². The second-order valence-corrected chi connectivity index (χ2v) is 6.77. The summed E-state index contributed by atoms with van der Waals surface area (Å²) < 4.78 is 5.75. The summed E-state index contributed by atoms with van der Waals surface area (Å²) in [5.41, 5.74) is 1.20. The van der Waals surface area contributed by atoms with Gasteiger partial charge in [-0.25, -0.2) is 4.79 Å². The van der Waals surface area contributed by atoms with Crippen molar-refractivity contribution in [3.63, 3.8) is 0 Å². The van der Waals surface area contributed by atoms with Gasteiger partial charge in [0, 0.05) is 17.0 Å². The number of nitrogens with one attached hydrogen (secondary N) is 2. The summed E-state index contributed by atoms with van der Waals surface area (Å²) in [6.45, 7) is 0. The molecular weight excluding hydrogens is 288 g/mol. The van der Waals surface area contributed by atoms with Crippen LogP contribution in [-0.4, -0.2) is 30.3 Å². The highest BCUT2D eigenvalue weighted by Gasteiger charge is 2.43. The Labute approximate surface area is 129 Å². The van der Waals surface area contributed by atoms with Gasteiger partial charge in [-0.2, -0.15) is 0 Å². The molecule has 2 N–H and O–H groups in total. The Morgan fingerprint density at radius 3 is 2.76 bits per heavy atom. The summed E-state index contributed by atoms with van der Waals surface area (Å²) in [6.07, 6.45) is 4.75. The van der Waals surface area contributed by atoms with Gasteiger partial charge in [-0.3, -0.25) is 0 Å². The number of fused-ring (bicyclic) bond motifs is 2. The van der Waals surface area contributed by atoms with Gasteiger partial charge in [-0.1, -0.05) is 23.7 Å². The van der Waals surface area contributed by atoms with E-state index in [2.05, 4.69) is 16.7 Å². The number of carbonyl (C=O) groups excluding carboxylic acids is 1. The summed E-state index contributed by atoms with van der Waals surface area (Å²) in [7, 11) is 0. The fraction of sp³-hybridized carbons (Fsp3) is 0.562. The van der Waals surface area contributed by atoms with Gasteiger partial charge in [0.2, 0.25) is 0 Å². The molecule has 5 atom stereocenters. The molecule has 0 radical (unpaired) electrons. The largest absolute Gasteiger partial charge is 0.373 e. The molecule has 2 aliphatic heterocycles. The zero-order chi connectivity index (χ0) is 14.4. The van der Waals surface area contributed by atoms with Crippen molar-refractivity contribution in [2.75, 3.05) is 0 Å². The molecule has 2 amide bonds. The minimum absolute atomic E-state index is 0.0642. The molecule has 1 aromatic carbocycles. The van der Waals surface area contributed by atoms with Crippen molar-refractivity contribution in [2.45, 2.75) is 55.9 Å². The van der Waals surface area contributed by atoms with Crippen molar-refractivity contribution in [3.05, 3.63) is 34.9 Å². The fourth-order valence-electron chi connectivity index (χ4n) is 3.63. The summed E-state index contributed by atoms with van der Waals surface area (Å²) in [4.78, 5) is 12.1. The number of amides is 2. The van der Waals surface area contributed by atoms with Crippen LogP contribution in [0, 0.1) is 0 Å². The minimum Gasteiger partial charge on any atom is -0.373 e. The predicted octanol–water partition coefficient (Wildman–Crippen LogP) is 2.82. The van der Waals surface area contributed by atoms with Crippen LogP contribution in [0.15, 0.2) is 24.3 Å². The standard InChI is InChI=1S/C16H19ClN2O2/c17-10-3-1-2-9(6-10)12-8-13(12)18-16(20)19-14-7-11-4-5-15(14)21-11/h1-3,6,11-15H,4-5,7-8H2,(H2,18,19,20). The van der Waals surface area contributed by atoms with Gasteiger partial charge in [0.25, 0.3) is 0 Å². The molecule has 4 nitrogen and oxygen atoms in total. The van der Waals surface area contributed by atoms with E-state index < -0.39 is 0 Å². The van der Waals surface area contributed by atoms with Gasteiger partial charge < -0.3 is 15.4 Å². The number of urea groups is 1. The summed E-state index contributed by atoms with van der Waals surface area (Å²) in [5, 5.41) is 6.88. The Morgan fingerprint density at radius 2 is 2.05 bits per heavy atom. The molecule has 21 heavy (non-hydrogen) atoms. The minimum atomic E-state index is -0.0642. The summed E-state index contributed by atoms with van der Waals surface area (Å²) in [6, 6.07) is 8.23. The van der Waals surface area contributed by atoms with Crippen molar-refractivity contribution in [3.8, 4) is 0 Å². The summed E-state index contributed by atoms with van der Waals surface area (Å²) >= 11 is 6.01.